The zero-order chi connectivity index (χ0) is 16.6. The van der Waals surface area contributed by atoms with Gasteiger partial charge < -0.3 is 5.32 Å². The minimum Gasteiger partial charge on any atom is -0.326 e. The molecule has 0 spiro atoms. The van der Waals surface area contributed by atoms with Crippen LogP contribution in [-0.4, -0.2) is 31.7 Å². The summed E-state index contributed by atoms with van der Waals surface area (Å²) in [6, 6.07) is 6.51. The molecule has 1 aliphatic carbocycles. The van der Waals surface area contributed by atoms with Gasteiger partial charge >= 0.3 is 0 Å². The Morgan fingerprint density at radius 3 is 2.22 bits per heavy atom. The maximum atomic E-state index is 12.6. The smallest absolute Gasteiger partial charge is 0.243 e. The first-order valence-electron chi connectivity index (χ1n) is 8.29. The van der Waals surface area contributed by atoms with Gasteiger partial charge in [0.1, 0.15) is 0 Å². The second-order valence-corrected chi connectivity index (χ2v) is 8.86. The molecule has 0 bridgehead atoms. The van der Waals surface area contributed by atoms with Crippen molar-refractivity contribution in [1.29, 1.82) is 0 Å². The normalized spacial score (nSPS) is 26.0. The second-order valence-electron chi connectivity index (χ2n) is 6.92. The number of amides is 1. The number of sulfonamides is 1. The van der Waals surface area contributed by atoms with Crippen molar-refractivity contribution >= 4 is 21.6 Å². The number of benzene rings is 1. The summed E-state index contributed by atoms with van der Waals surface area (Å²) in [5, 5.41) is 2.85. The summed E-state index contributed by atoms with van der Waals surface area (Å²) in [6.07, 6.45) is 2.76. The summed E-state index contributed by atoms with van der Waals surface area (Å²) >= 11 is 0. The molecule has 0 radical (unpaired) electrons. The van der Waals surface area contributed by atoms with Crippen LogP contribution in [0.5, 0.6) is 0 Å². The Morgan fingerprint density at radius 2 is 1.70 bits per heavy atom. The fourth-order valence-corrected chi connectivity index (χ4v) is 4.48. The molecule has 1 saturated carbocycles. The van der Waals surface area contributed by atoms with E-state index in [0.29, 0.717) is 35.5 Å². The second kappa shape index (κ2) is 6.24. The highest BCUT2D eigenvalue weighted by molar-refractivity contribution is 7.89. The molecule has 23 heavy (non-hydrogen) atoms. The third kappa shape index (κ3) is 3.58. The zero-order valence-corrected chi connectivity index (χ0v) is 14.5. The maximum absolute atomic E-state index is 12.6. The molecule has 6 heteroatoms. The Bertz CT molecular complexity index is 676. The molecule has 1 N–H and O–H groups in total. The van der Waals surface area contributed by atoms with Crippen LogP contribution in [0.2, 0.25) is 0 Å². The van der Waals surface area contributed by atoms with Gasteiger partial charge in [-0.2, -0.15) is 4.31 Å². The van der Waals surface area contributed by atoms with Gasteiger partial charge in [-0.3, -0.25) is 4.79 Å². The molecule has 1 aliphatic heterocycles. The fourth-order valence-electron chi connectivity index (χ4n) is 3.01. The van der Waals surface area contributed by atoms with Gasteiger partial charge in [0.2, 0.25) is 15.9 Å². The van der Waals surface area contributed by atoms with Gasteiger partial charge in [-0.25, -0.2) is 8.42 Å². The number of nitrogens with one attached hydrogen (secondary N) is 1. The molecule has 2 atom stereocenters. The van der Waals surface area contributed by atoms with Crippen molar-refractivity contribution in [3.8, 4) is 0 Å². The van der Waals surface area contributed by atoms with Crippen LogP contribution in [0.15, 0.2) is 29.2 Å². The summed E-state index contributed by atoms with van der Waals surface area (Å²) in [6.45, 7) is 5.38. The van der Waals surface area contributed by atoms with Gasteiger partial charge in [0, 0.05) is 24.7 Å². The minimum absolute atomic E-state index is 0.0260. The molecular formula is C17H24N2O3S. The summed E-state index contributed by atoms with van der Waals surface area (Å²) < 4.78 is 26.8. The van der Waals surface area contributed by atoms with E-state index in [2.05, 4.69) is 19.2 Å². The van der Waals surface area contributed by atoms with Crippen LogP contribution < -0.4 is 5.32 Å². The number of hydrogen-bond acceptors (Lipinski definition) is 3. The largest absolute Gasteiger partial charge is 0.326 e. The lowest BCUT2D eigenvalue weighted by molar-refractivity contribution is -0.117. The third-order valence-corrected chi connectivity index (χ3v) is 6.86. The van der Waals surface area contributed by atoms with E-state index in [9.17, 15) is 13.2 Å². The predicted octanol–water partition coefficient (Wildman–Crippen LogP) is 2.70. The Balaban J connectivity index is 1.67. The van der Waals surface area contributed by atoms with Crippen molar-refractivity contribution in [2.75, 3.05) is 18.4 Å². The number of rotatable bonds is 4. The molecule has 1 heterocycles. The van der Waals surface area contributed by atoms with E-state index in [0.717, 1.165) is 19.3 Å². The van der Waals surface area contributed by atoms with Gasteiger partial charge in [0.05, 0.1) is 4.90 Å². The highest BCUT2D eigenvalue weighted by Gasteiger charge is 2.39. The third-order valence-electron chi connectivity index (χ3n) is 4.95. The van der Waals surface area contributed by atoms with Gasteiger partial charge in [-0.05, 0) is 55.4 Å². The topological polar surface area (TPSA) is 66.5 Å². The number of nitrogens with zero attached hydrogens (tertiary/aromatic N) is 1. The standard InChI is InChI=1S/C17H24N2O3S/c1-12-7-9-19(10-8-12)23(21,22)15-5-3-14(4-6-15)18-17(20)16-11-13(16)2/h3-6,12-13,16H,7-11H2,1-2H3,(H,18,20). The maximum Gasteiger partial charge on any atom is 0.243 e. The monoisotopic (exact) mass is 336 g/mol. The van der Waals surface area contributed by atoms with Crippen molar-refractivity contribution in [2.45, 2.75) is 38.0 Å². The molecule has 0 aromatic heterocycles. The average molecular weight is 336 g/mol. The van der Waals surface area contributed by atoms with E-state index in [1.807, 2.05) is 0 Å². The Hall–Kier alpha value is -1.40. The van der Waals surface area contributed by atoms with Crippen molar-refractivity contribution in [2.24, 2.45) is 17.8 Å². The average Bonchev–Trinajstić information content (AvgIpc) is 3.25. The van der Waals surface area contributed by atoms with E-state index >= 15 is 0 Å². The van der Waals surface area contributed by atoms with Crippen LogP contribution in [0.4, 0.5) is 5.69 Å². The van der Waals surface area contributed by atoms with Crippen LogP contribution in [-0.2, 0) is 14.8 Å². The number of piperidine rings is 1. The Morgan fingerprint density at radius 1 is 1.13 bits per heavy atom. The molecule has 1 aromatic carbocycles. The molecule has 1 saturated heterocycles. The number of hydrogen-bond donors (Lipinski definition) is 1. The molecule has 2 aliphatic rings. The molecule has 3 rings (SSSR count). The molecular weight excluding hydrogens is 312 g/mol. The van der Waals surface area contributed by atoms with Gasteiger partial charge in [0.25, 0.3) is 0 Å². The first-order chi connectivity index (χ1) is 10.9. The summed E-state index contributed by atoms with van der Waals surface area (Å²) in [4.78, 5) is 12.2. The molecule has 5 nitrogen and oxygen atoms in total. The van der Waals surface area contributed by atoms with Gasteiger partial charge in [-0.15, -0.1) is 0 Å². The van der Waals surface area contributed by atoms with E-state index in [-0.39, 0.29) is 11.8 Å². The van der Waals surface area contributed by atoms with Crippen molar-refractivity contribution in [1.82, 2.24) is 4.31 Å². The molecule has 126 valence electrons. The zero-order valence-electron chi connectivity index (χ0n) is 13.7. The van der Waals surface area contributed by atoms with E-state index in [1.54, 1.807) is 28.6 Å². The highest BCUT2D eigenvalue weighted by atomic mass is 32.2. The van der Waals surface area contributed by atoms with E-state index < -0.39 is 10.0 Å². The van der Waals surface area contributed by atoms with Crippen molar-refractivity contribution in [3.63, 3.8) is 0 Å². The summed E-state index contributed by atoms with van der Waals surface area (Å²) in [5.74, 6) is 1.17. The van der Waals surface area contributed by atoms with Crippen LogP contribution in [0.1, 0.15) is 33.1 Å². The molecule has 2 fully saturated rings. The van der Waals surface area contributed by atoms with Crippen molar-refractivity contribution < 1.29 is 13.2 Å². The van der Waals surface area contributed by atoms with Crippen LogP contribution in [0, 0.1) is 17.8 Å². The lowest BCUT2D eigenvalue weighted by atomic mass is 10.0. The lowest BCUT2D eigenvalue weighted by Gasteiger charge is -2.29. The number of carbonyl (C=O) groups excluding carboxylic acids is 1. The predicted molar refractivity (Wildman–Crippen MR) is 89.5 cm³/mol. The van der Waals surface area contributed by atoms with E-state index in [1.165, 1.54) is 0 Å². The Labute approximate surface area is 138 Å². The Kier molecular flexibility index (Phi) is 4.47. The molecule has 1 amide bonds. The summed E-state index contributed by atoms with van der Waals surface area (Å²) in [7, 11) is -3.42. The minimum atomic E-state index is -3.42. The molecule has 2 unspecified atom stereocenters. The van der Waals surface area contributed by atoms with Crippen molar-refractivity contribution in [3.05, 3.63) is 24.3 Å². The quantitative estimate of drug-likeness (QED) is 0.919. The lowest BCUT2D eigenvalue weighted by Crippen LogP contribution is -2.37. The summed E-state index contributed by atoms with van der Waals surface area (Å²) in [5.41, 5.74) is 0.653. The first kappa shape index (κ1) is 16.5. The highest BCUT2D eigenvalue weighted by Crippen LogP contribution is 2.38. The number of anilines is 1. The first-order valence-corrected chi connectivity index (χ1v) is 9.73. The molecule has 1 aromatic rings. The number of carbonyl (C=O) groups is 1. The van der Waals surface area contributed by atoms with Crippen LogP contribution >= 0.6 is 0 Å². The SMILES string of the molecule is CC1CCN(S(=O)(=O)c2ccc(NC(=O)C3CC3C)cc2)CC1. The van der Waals surface area contributed by atoms with Crippen LogP contribution in [0.3, 0.4) is 0 Å². The van der Waals surface area contributed by atoms with Crippen LogP contribution in [0.25, 0.3) is 0 Å². The van der Waals surface area contributed by atoms with E-state index in [4.69, 9.17) is 0 Å². The van der Waals surface area contributed by atoms with Gasteiger partial charge in [-0.1, -0.05) is 13.8 Å². The fraction of sp³-hybridized carbons (Fsp3) is 0.588. The van der Waals surface area contributed by atoms with Gasteiger partial charge in [0.15, 0.2) is 0 Å².